The smallest absolute Gasteiger partial charge is 0.245 e. The van der Waals surface area contributed by atoms with Crippen LogP contribution in [0.3, 0.4) is 0 Å². The molecule has 0 saturated heterocycles. The summed E-state index contributed by atoms with van der Waals surface area (Å²) in [4.78, 5) is 24.1. The lowest BCUT2D eigenvalue weighted by atomic mass is 9.84. The molecule has 2 aliphatic rings. The summed E-state index contributed by atoms with van der Waals surface area (Å²) in [6.07, 6.45) is 6.92. The summed E-state index contributed by atoms with van der Waals surface area (Å²) in [6, 6.07) is -0.749. The third-order valence-corrected chi connectivity index (χ3v) is 4.74. The van der Waals surface area contributed by atoms with Crippen LogP contribution in [0.5, 0.6) is 0 Å². The Morgan fingerprint density at radius 1 is 1.00 bits per heavy atom. The van der Waals surface area contributed by atoms with Crippen LogP contribution >= 0.6 is 0 Å². The topological polar surface area (TPSA) is 78.4 Å². The highest BCUT2D eigenvalue weighted by molar-refractivity contribution is 5.89. The van der Waals surface area contributed by atoms with E-state index in [0.29, 0.717) is 5.92 Å². The highest BCUT2D eigenvalue weighted by atomic mass is 16.3. The fourth-order valence-electron chi connectivity index (χ4n) is 3.09. The van der Waals surface area contributed by atoms with E-state index in [4.69, 9.17) is 0 Å². The monoisotopic (exact) mass is 296 g/mol. The number of nitrogens with one attached hydrogen (secondary N) is 2. The van der Waals surface area contributed by atoms with Gasteiger partial charge in [0.05, 0.1) is 6.10 Å². The minimum absolute atomic E-state index is 0.0369. The fourth-order valence-corrected chi connectivity index (χ4v) is 3.09. The van der Waals surface area contributed by atoms with Gasteiger partial charge in [-0.15, -0.1) is 0 Å². The molecular formula is C16H28N2O3. The number of hydrogen-bond donors (Lipinski definition) is 3. The van der Waals surface area contributed by atoms with Crippen LogP contribution in [0, 0.1) is 11.8 Å². The van der Waals surface area contributed by atoms with Gasteiger partial charge in [0.1, 0.15) is 6.04 Å². The highest BCUT2D eigenvalue weighted by Crippen LogP contribution is 2.29. The molecule has 2 aliphatic carbocycles. The third kappa shape index (κ3) is 4.70. The molecule has 0 bridgehead atoms. The molecule has 3 N–H and O–H groups in total. The Kier molecular flexibility index (Phi) is 5.62. The SMILES string of the molecule is CC(O)C(NC(=O)C1CC1)C(=O)NC(C)C1CCCCC1. The van der Waals surface area contributed by atoms with Gasteiger partial charge in [0.15, 0.2) is 0 Å². The summed E-state index contributed by atoms with van der Waals surface area (Å²) in [5.74, 6) is 0.171. The second-order valence-electron chi connectivity index (χ2n) is 6.70. The Bertz CT molecular complexity index is 374. The molecule has 120 valence electrons. The summed E-state index contributed by atoms with van der Waals surface area (Å²) in [6.45, 7) is 3.57. The molecule has 3 atom stereocenters. The Hall–Kier alpha value is -1.10. The zero-order chi connectivity index (χ0) is 15.4. The summed E-state index contributed by atoms with van der Waals surface area (Å²) in [5, 5.41) is 15.4. The number of carbonyl (C=O) groups excluding carboxylic acids is 2. The van der Waals surface area contributed by atoms with Gasteiger partial charge in [-0.25, -0.2) is 0 Å². The van der Waals surface area contributed by atoms with Gasteiger partial charge < -0.3 is 15.7 Å². The zero-order valence-electron chi connectivity index (χ0n) is 13.1. The Balaban J connectivity index is 1.86. The number of rotatable bonds is 6. The minimum atomic E-state index is -0.883. The first kappa shape index (κ1) is 16.3. The fraction of sp³-hybridized carbons (Fsp3) is 0.875. The first-order valence-electron chi connectivity index (χ1n) is 8.28. The lowest BCUT2D eigenvalue weighted by Gasteiger charge is -2.30. The van der Waals surface area contributed by atoms with Crippen LogP contribution in [0.2, 0.25) is 0 Å². The summed E-state index contributed by atoms with van der Waals surface area (Å²) in [7, 11) is 0. The van der Waals surface area contributed by atoms with Gasteiger partial charge in [0.2, 0.25) is 11.8 Å². The number of carbonyl (C=O) groups is 2. The normalized spacial score (nSPS) is 24.0. The maximum Gasteiger partial charge on any atom is 0.245 e. The highest BCUT2D eigenvalue weighted by Gasteiger charge is 2.35. The van der Waals surface area contributed by atoms with Crippen LogP contribution in [0.1, 0.15) is 58.8 Å². The van der Waals surface area contributed by atoms with Gasteiger partial charge in [-0.1, -0.05) is 19.3 Å². The third-order valence-electron chi connectivity index (χ3n) is 4.74. The summed E-state index contributed by atoms with van der Waals surface area (Å²) >= 11 is 0. The lowest BCUT2D eigenvalue weighted by molar-refractivity contribution is -0.132. The van der Waals surface area contributed by atoms with Gasteiger partial charge in [-0.2, -0.15) is 0 Å². The summed E-state index contributed by atoms with van der Waals surface area (Å²) in [5.41, 5.74) is 0. The Morgan fingerprint density at radius 2 is 1.62 bits per heavy atom. The molecule has 0 spiro atoms. The van der Waals surface area contributed by atoms with Gasteiger partial charge in [0, 0.05) is 12.0 Å². The van der Waals surface area contributed by atoms with Crippen LogP contribution < -0.4 is 10.6 Å². The first-order valence-corrected chi connectivity index (χ1v) is 8.28. The van der Waals surface area contributed by atoms with Crippen LogP contribution in [0.15, 0.2) is 0 Å². The molecule has 2 fully saturated rings. The second kappa shape index (κ2) is 7.25. The molecule has 3 unspecified atom stereocenters. The van der Waals surface area contributed by atoms with Crippen LogP contribution in [-0.4, -0.2) is 35.1 Å². The molecule has 0 aromatic carbocycles. The van der Waals surface area contributed by atoms with Crippen molar-refractivity contribution in [2.75, 3.05) is 0 Å². The number of aliphatic hydroxyl groups excluding tert-OH is 1. The van der Waals surface area contributed by atoms with E-state index in [1.807, 2.05) is 6.92 Å². The van der Waals surface area contributed by atoms with Crippen molar-refractivity contribution in [1.82, 2.24) is 10.6 Å². The van der Waals surface area contributed by atoms with Crippen LogP contribution in [0.25, 0.3) is 0 Å². The maximum atomic E-state index is 12.3. The molecular weight excluding hydrogens is 268 g/mol. The van der Waals surface area contributed by atoms with Crippen molar-refractivity contribution in [2.24, 2.45) is 11.8 Å². The van der Waals surface area contributed by atoms with E-state index < -0.39 is 12.1 Å². The second-order valence-corrected chi connectivity index (χ2v) is 6.70. The van der Waals surface area contributed by atoms with E-state index in [9.17, 15) is 14.7 Å². The average molecular weight is 296 g/mol. The van der Waals surface area contributed by atoms with Crippen molar-refractivity contribution in [1.29, 1.82) is 0 Å². The van der Waals surface area contributed by atoms with Crippen molar-refractivity contribution >= 4 is 11.8 Å². The van der Waals surface area contributed by atoms with Crippen molar-refractivity contribution in [3.05, 3.63) is 0 Å². The maximum absolute atomic E-state index is 12.3. The molecule has 0 heterocycles. The Morgan fingerprint density at radius 3 is 2.14 bits per heavy atom. The predicted molar refractivity (Wildman–Crippen MR) is 80.5 cm³/mol. The van der Waals surface area contributed by atoms with Gasteiger partial charge in [-0.3, -0.25) is 9.59 Å². The van der Waals surface area contributed by atoms with E-state index in [0.717, 1.165) is 25.7 Å². The van der Waals surface area contributed by atoms with Gasteiger partial charge in [-0.05, 0) is 45.4 Å². The van der Waals surface area contributed by atoms with E-state index in [1.54, 1.807) is 6.92 Å². The van der Waals surface area contributed by atoms with E-state index in [2.05, 4.69) is 10.6 Å². The molecule has 5 nitrogen and oxygen atoms in total. The Labute approximate surface area is 126 Å². The molecule has 0 radical (unpaired) electrons. The van der Waals surface area contributed by atoms with E-state index in [-0.39, 0.29) is 23.8 Å². The van der Waals surface area contributed by atoms with Crippen LogP contribution in [-0.2, 0) is 9.59 Å². The lowest BCUT2D eigenvalue weighted by Crippen LogP contribution is -2.55. The predicted octanol–water partition coefficient (Wildman–Crippen LogP) is 1.35. The standard InChI is InChI=1S/C16H28N2O3/c1-10(12-6-4-3-5-7-12)17-16(21)14(11(2)19)18-15(20)13-8-9-13/h10-14,19H,3-9H2,1-2H3,(H,17,21)(H,18,20). The van der Waals surface area contributed by atoms with Crippen molar-refractivity contribution in [2.45, 2.75) is 77.0 Å². The molecule has 2 saturated carbocycles. The van der Waals surface area contributed by atoms with Gasteiger partial charge >= 0.3 is 0 Å². The van der Waals surface area contributed by atoms with Crippen LogP contribution in [0.4, 0.5) is 0 Å². The first-order chi connectivity index (χ1) is 9.99. The minimum Gasteiger partial charge on any atom is -0.391 e. The molecule has 21 heavy (non-hydrogen) atoms. The number of aliphatic hydroxyl groups is 1. The van der Waals surface area contributed by atoms with Crippen molar-refractivity contribution < 1.29 is 14.7 Å². The van der Waals surface area contributed by atoms with Gasteiger partial charge in [0.25, 0.3) is 0 Å². The molecule has 2 rings (SSSR count). The van der Waals surface area contributed by atoms with Crippen molar-refractivity contribution in [3.63, 3.8) is 0 Å². The molecule has 5 heteroatoms. The van der Waals surface area contributed by atoms with E-state index >= 15 is 0 Å². The quantitative estimate of drug-likeness (QED) is 0.692. The largest absolute Gasteiger partial charge is 0.391 e. The molecule has 0 aliphatic heterocycles. The molecule has 2 amide bonds. The van der Waals surface area contributed by atoms with Crippen molar-refractivity contribution in [3.8, 4) is 0 Å². The molecule has 0 aromatic heterocycles. The average Bonchev–Trinajstić information content (AvgIpc) is 3.29. The zero-order valence-corrected chi connectivity index (χ0v) is 13.1. The molecule has 0 aromatic rings. The number of amides is 2. The van der Waals surface area contributed by atoms with E-state index in [1.165, 1.54) is 19.3 Å². The number of hydrogen-bond acceptors (Lipinski definition) is 3. The summed E-state index contributed by atoms with van der Waals surface area (Å²) < 4.78 is 0.